The van der Waals surface area contributed by atoms with Gasteiger partial charge in [-0.05, 0) is 55.5 Å². The molecule has 1 N–H and O–H groups in total. The van der Waals surface area contributed by atoms with Crippen LogP contribution in [0, 0.1) is 6.92 Å². The lowest BCUT2D eigenvalue weighted by atomic mass is 10.1. The molecule has 0 atom stereocenters. The van der Waals surface area contributed by atoms with E-state index in [0.717, 1.165) is 28.0 Å². The first kappa shape index (κ1) is 15.3. The van der Waals surface area contributed by atoms with Crippen molar-refractivity contribution in [3.05, 3.63) is 64.8 Å². The second-order valence-corrected chi connectivity index (χ2v) is 5.60. The van der Waals surface area contributed by atoms with E-state index in [4.69, 9.17) is 16.3 Å². The average molecular weight is 327 g/mol. The van der Waals surface area contributed by atoms with Crippen LogP contribution in [0.15, 0.2) is 48.5 Å². The number of esters is 1. The van der Waals surface area contributed by atoms with E-state index in [1.54, 1.807) is 12.1 Å². The van der Waals surface area contributed by atoms with Crippen molar-refractivity contribution in [3.63, 3.8) is 0 Å². The van der Waals surface area contributed by atoms with E-state index in [-0.39, 0.29) is 5.97 Å². The zero-order chi connectivity index (χ0) is 16.4. The number of aromatic nitrogens is 1. The van der Waals surface area contributed by atoms with Gasteiger partial charge in [-0.1, -0.05) is 11.6 Å². The molecule has 4 nitrogen and oxygen atoms in total. The molecule has 0 fully saturated rings. The smallest absolute Gasteiger partial charge is 0.337 e. The summed E-state index contributed by atoms with van der Waals surface area (Å²) in [5.74, 6) is -0.353. The van der Waals surface area contributed by atoms with Crippen LogP contribution in [0.3, 0.4) is 0 Å². The first-order valence-corrected chi connectivity index (χ1v) is 7.47. The average Bonchev–Trinajstić information content (AvgIpc) is 2.55. The standard InChI is InChI=1S/C18H15ClN2O2/c1-11-9-17(15-10-13(19)5-8-16(15)20-11)21-14-6-3-12(4-7-14)18(22)23-2/h3-10H,1-2H3,(H,20,21). The second-order valence-electron chi connectivity index (χ2n) is 5.17. The topological polar surface area (TPSA) is 51.2 Å². The van der Waals surface area contributed by atoms with Crippen LogP contribution in [-0.4, -0.2) is 18.1 Å². The monoisotopic (exact) mass is 326 g/mol. The number of methoxy groups -OCH3 is 1. The summed E-state index contributed by atoms with van der Waals surface area (Å²) in [6.07, 6.45) is 0. The lowest BCUT2D eigenvalue weighted by Crippen LogP contribution is -2.01. The summed E-state index contributed by atoms with van der Waals surface area (Å²) in [6, 6.07) is 14.7. The molecule has 2 aromatic carbocycles. The van der Waals surface area contributed by atoms with Gasteiger partial charge in [-0.15, -0.1) is 0 Å². The number of rotatable bonds is 3. The van der Waals surface area contributed by atoms with Crippen LogP contribution < -0.4 is 5.32 Å². The molecule has 0 aliphatic heterocycles. The van der Waals surface area contributed by atoms with Gasteiger partial charge in [-0.3, -0.25) is 4.98 Å². The first-order valence-electron chi connectivity index (χ1n) is 7.09. The lowest BCUT2D eigenvalue weighted by molar-refractivity contribution is 0.0601. The number of benzene rings is 2. The third-order valence-electron chi connectivity index (χ3n) is 3.48. The Morgan fingerprint density at radius 1 is 1.13 bits per heavy atom. The minimum atomic E-state index is -0.353. The molecule has 3 aromatic rings. The Kier molecular flexibility index (Phi) is 4.17. The Labute approximate surface area is 139 Å². The fourth-order valence-corrected chi connectivity index (χ4v) is 2.57. The first-order chi connectivity index (χ1) is 11.1. The normalized spacial score (nSPS) is 10.6. The quantitative estimate of drug-likeness (QED) is 0.707. The number of carbonyl (C=O) groups is 1. The maximum Gasteiger partial charge on any atom is 0.337 e. The van der Waals surface area contributed by atoms with Crippen LogP contribution in [0.4, 0.5) is 11.4 Å². The number of aryl methyl sites for hydroxylation is 1. The largest absolute Gasteiger partial charge is 0.465 e. The van der Waals surface area contributed by atoms with Crippen LogP contribution >= 0.6 is 11.6 Å². The summed E-state index contributed by atoms with van der Waals surface area (Å²) in [6.45, 7) is 1.94. The van der Waals surface area contributed by atoms with E-state index >= 15 is 0 Å². The minimum absolute atomic E-state index is 0.353. The Bertz CT molecular complexity index is 876. The van der Waals surface area contributed by atoms with Crippen molar-refractivity contribution in [1.29, 1.82) is 0 Å². The summed E-state index contributed by atoms with van der Waals surface area (Å²) in [5.41, 5.74) is 4.08. The van der Waals surface area contributed by atoms with Gasteiger partial charge < -0.3 is 10.1 Å². The van der Waals surface area contributed by atoms with Crippen molar-refractivity contribution in [3.8, 4) is 0 Å². The van der Waals surface area contributed by atoms with Crippen LogP contribution in [0.5, 0.6) is 0 Å². The molecule has 23 heavy (non-hydrogen) atoms. The minimum Gasteiger partial charge on any atom is -0.465 e. The van der Waals surface area contributed by atoms with Gasteiger partial charge in [0.05, 0.1) is 18.2 Å². The summed E-state index contributed by atoms with van der Waals surface area (Å²) < 4.78 is 4.70. The van der Waals surface area contributed by atoms with Gasteiger partial charge >= 0.3 is 5.97 Å². The number of halogens is 1. The van der Waals surface area contributed by atoms with E-state index in [1.165, 1.54) is 7.11 Å². The van der Waals surface area contributed by atoms with Crippen LogP contribution in [0.25, 0.3) is 10.9 Å². The summed E-state index contributed by atoms with van der Waals surface area (Å²) in [5, 5.41) is 4.95. The Hall–Kier alpha value is -2.59. The highest BCUT2D eigenvalue weighted by Gasteiger charge is 2.07. The number of anilines is 2. The predicted octanol–water partition coefficient (Wildman–Crippen LogP) is 4.73. The number of hydrogen-bond acceptors (Lipinski definition) is 4. The highest BCUT2D eigenvalue weighted by molar-refractivity contribution is 6.31. The molecule has 0 radical (unpaired) electrons. The van der Waals surface area contributed by atoms with Gasteiger partial charge in [-0.25, -0.2) is 4.79 Å². The predicted molar refractivity (Wildman–Crippen MR) is 92.6 cm³/mol. The number of hydrogen-bond donors (Lipinski definition) is 1. The molecule has 0 aliphatic carbocycles. The van der Waals surface area contributed by atoms with Crippen molar-refractivity contribution in [1.82, 2.24) is 4.98 Å². The van der Waals surface area contributed by atoms with Crippen LogP contribution in [-0.2, 0) is 4.74 Å². The molecule has 0 spiro atoms. The molecule has 1 heterocycles. The van der Waals surface area contributed by atoms with Crippen molar-refractivity contribution in [2.75, 3.05) is 12.4 Å². The van der Waals surface area contributed by atoms with Gasteiger partial charge in [0, 0.05) is 27.5 Å². The van der Waals surface area contributed by atoms with Gasteiger partial charge in [-0.2, -0.15) is 0 Å². The fourth-order valence-electron chi connectivity index (χ4n) is 2.40. The molecule has 0 unspecified atom stereocenters. The number of ether oxygens (including phenoxy) is 1. The molecular formula is C18H15ClN2O2. The third kappa shape index (κ3) is 3.27. The number of nitrogens with zero attached hydrogens (tertiary/aromatic N) is 1. The second kappa shape index (κ2) is 6.26. The molecule has 1 aromatic heterocycles. The third-order valence-corrected chi connectivity index (χ3v) is 3.72. The van der Waals surface area contributed by atoms with E-state index in [1.807, 2.05) is 43.3 Å². The van der Waals surface area contributed by atoms with E-state index < -0.39 is 0 Å². The highest BCUT2D eigenvalue weighted by atomic mass is 35.5. The highest BCUT2D eigenvalue weighted by Crippen LogP contribution is 2.28. The number of nitrogens with one attached hydrogen (secondary N) is 1. The molecule has 0 amide bonds. The summed E-state index contributed by atoms with van der Waals surface area (Å²) in [7, 11) is 1.37. The van der Waals surface area contributed by atoms with E-state index in [2.05, 4.69) is 10.3 Å². The summed E-state index contributed by atoms with van der Waals surface area (Å²) >= 11 is 6.10. The van der Waals surface area contributed by atoms with Crippen molar-refractivity contribution in [2.45, 2.75) is 6.92 Å². The lowest BCUT2D eigenvalue weighted by Gasteiger charge is -2.11. The molecule has 5 heteroatoms. The Morgan fingerprint density at radius 2 is 1.87 bits per heavy atom. The van der Waals surface area contributed by atoms with Crippen molar-refractivity contribution < 1.29 is 9.53 Å². The molecule has 0 bridgehead atoms. The maximum atomic E-state index is 11.5. The molecule has 0 aliphatic rings. The molecular weight excluding hydrogens is 312 g/mol. The molecule has 116 valence electrons. The van der Waals surface area contributed by atoms with Crippen molar-refractivity contribution in [2.24, 2.45) is 0 Å². The number of pyridine rings is 1. The fraction of sp³-hybridized carbons (Fsp3) is 0.111. The number of carbonyl (C=O) groups excluding carboxylic acids is 1. The van der Waals surface area contributed by atoms with Gasteiger partial charge in [0.15, 0.2) is 0 Å². The summed E-state index contributed by atoms with van der Waals surface area (Å²) in [4.78, 5) is 16.0. The Balaban J connectivity index is 1.97. The van der Waals surface area contributed by atoms with Gasteiger partial charge in [0.1, 0.15) is 0 Å². The molecule has 3 rings (SSSR count). The van der Waals surface area contributed by atoms with E-state index in [0.29, 0.717) is 10.6 Å². The van der Waals surface area contributed by atoms with E-state index in [9.17, 15) is 4.79 Å². The van der Waals surface area contributed by atoms with Crippen molar-refractivity contribution >= 4 is 39.8 Å². The van der Waals surface area contributed by atoms with Crippen LogP contribution in [0.1, 0.15) is 16.1 Å². The van der Waals surface area contributed by atoms with Gasteiger partial charge in [0.25, 0.3) is 0 Å². The van der Waals surface area contributed by atoms with Gasteiger partial charge in [0.2, 0.25) is 0 Å². The number of fused-ring (bicyclic) bond motifs is 1. The SMILES string of the molecule is COC(=O)c1ccc(Nc2cc(C)nc3ccc(Cl)cc23)cc1. The molecule has 0 saturated carbocycles. The zero-order valence-electron chi connectivity index (χ0n) is 12.8. The van der Waals surface area contributed by atoms with Crippen LogP contribution in [0.2, 0.25) is 5.02 Å². The maximum absolute atomic E-state index is 11.5. The molecule has 0 saturated heterocycles. The Morgan fingerprint density at radius 3 is 2.57 bits per heavy atom. The zero-order valence-corrected chi connectivity index (χ0v) is 13.5.